The Labute approximate surface area is 221 Å². The molecule has 0 amide bonds. The van der Waals surface area contributed by atoms with Gasteiger partial charge in [0.15, 0.2) is 24.1 Å². The molecule has 0 saturated heterocycles. The van der Waals surface area contributed by atoms with E-state index in [1.54, 1.807) is 24.3 Å². The molecule has 0 aromatic heterocycles. The predicted molar refractivity (Wildman–Crippen MR) is 136 cm³/mol. The fraction of sp³-hybridized carbons (Fsp3) is 0.467. The smallest absolute Gasteiger partial charge is 0.310 e. The molecule has 3 aliphatic rings. The number of aromatic hydroxyl groups is 2. The third-order valence-corrected chi connectivity index (χ3v) is 8.78. The molecule has 2 aromatic rings. The van der Waals surface area contributed by atoms with Crippen LogP contribution in [0.2, 0.25) is 0 Å². The number of fused-ring (bicyclic) bond motifs is 5. The average molecular weight is 521 g/mol. The lowest BCUT2D eigenvalue weighted by Crippen LogP contribution is -2.28. The van der Waals surface area contributed by atoms with Gasteiger partial charge in [-0.15, -0.1) is 0 Å². The van der Waals surface area contributed by atoms with Gasteiger partial charge in [0.25, 0.3) is 0 Å². The Kier molecular flexibility index (Phi) is 7.49. The lowest BCUT2D eigenvalue weighted by atomic mass is 9.76. The van der Waals surface area contributed by atoms with Gasteiger partial charge in [0.05, 0.1) is 26.1 Å². The maximum absolute atomic E-state index is 12.5. The first-order valence-electron chi connectivity index (χ1n) is 13.2. The summed E-state index contributed by atoms with van der Waals surface area (Å²) >= 11 is 0. The number of benzene rings is 2. The molecule has 200 valence electrons. The zero-order chi connectivity index (χ0) is 26.8. The molecule has 0 heterocycles. The van der Waals surface area contributed by atoms with Crippen LogP contribution in [0.1, 0.15) is 57.5 Å². The summed E-state index contributed by atoms with van der Waals surface area (Å²) < 4.78 is 11.2. The molecule has 2 bridgehead atoms. The number of phenols is 2. The Morgan fingerprint density at radius 1 is 0.737 bits per heavy atom. The molecule has 3 aliphatic carbocycles. The second-order valence-corrected chi connectivity index (χ2v) is 11.1. The van der Waals surface area contributed by atoms with Crippen molar-refractivity contribution in [1.29, 1.82) is 0 Å². The van der Waals surface area contributed by atoms with Crippen LogP contribution in [0.15, 0.2) is 36.4 Å². The molecule has 6 unspecified atom stereocenters. The first-order valence-corrected chi connectivity index (χ1v) is 13.2. The molecular formula is C30H32O8. The van der Waals surface area contributed by atoms with Crippen LogP contribution in [0.3, 0.4) is 0 Å². The summed E-state index contributed by atoms with van der Waals surface area (Å²) in [6.07, 6.45) is 5.64. The second kappa shape index (κ2) is 11.0. The zero-order valence-corrected chi connectivity index (χ0v) is 21.1. The van der Waals surface area contributed by atoms with E-state index in [1.165, 1.54) is 18.6 Å². The van der Waals surface area contributed by atoms with E-state index >= 15 is 0 Å². The highest BCUT2D eigenvalue weighted by Crippen LogP contribution is 2.62. The van der Waals surface area contributed by atoms with Crippen LogP contribution in [0.25, 0.3) is 0 Å². The van der Waals surface area contributed by atoms with Gasteiger partial charge in [-0.1, -0.05) is 18.2 Å². The van der Waals surface area contributed by atoms with Crippen molar-refractivity contribution < 1.29 is 38.9 Å². The summed E-state index contributed by atoms with van der Waals surface area (Å²) in [4.78, 5) is 46.9. The Hall–Kier alpha value is -3.68. The van der Waals surface area contributed by atoms with Crippen molar-refractivity contribution in [2.75, 3.05) is 13.2 Å². The first kappa shape index (κ1) is 25.9. The summed E-state index contributed by atoms with van der Waals surface area (Å²) in [5.41, 5.74) is 1.80. The van der Waals surface area contributed by atoms with Gasteiger partial charge in [-0.3, -0.25) is 19.2 Å². The van der Waals surface area contributed by atoms with Gasteiger partial charge in [-0.2, -0.15) is 0 Å². The summed E-state index contributed by atoms with van der Waals surface area (Å²) in [5, 5.41) is 19.0. The Morgan fingerprint density at radius 2 is 1.39 bits per heavy atom. The number of ether oxygens (including phenoxy) is 2. The zero-order valence-electron chi connectivity index (χ0n) is 21.1. The van der Waals surface area contributed by atoms with Crippen molar-refractivity contribution in [3.8, 4) is 11.5 Å². The van der Waals surface area contributed by atoms with Gasteiger partial charge in [0, 0.05) is 11.1 Å². The molecule has 3 saturated carbocycles. The summed E-state index contributed by atoms with van der Waals surface area (Å²) in [6, 6.07) is 9.08. The molecule has 0 aliphatic heterocycles. The van der Waals surface area contributed by atoms with E-state index < -0.39 is 0 Å². The van der Waals surface area contributed by atoms with E-state index in [0.717, 1.165) is 19.3 Å². The Balaban J connectivity index is 1.07. The number of rotatable bonds is 10. The fourth-order valence-electron chi connectivity index (χ4n) is 7.12. The van der Waals surface area contributed by atoms with Crippen LogP contribution >= 0.6 is 0 Å². The lowest BCUT2D eigenvalue weighted by Gasteiger charge is -2.31. The van der Waals surface area contributed by atoms with Crippen molar-refractivity contribution in [2.45, 2.75) is 38.5 Å². The van der Waals surface area contributed by atoms with Crippen LogP contribution in [0.4, 0.5) is 0 Å². The van der Waals surface area contributed by atoms with Crippen LogP contribution in [0, 0.1) is 35.5 Å². The minimum absolute atomic E-state index is 0.0454. The highest BCUT2D eigenvalue weighted by molar-refractivity contribution is 5.90. The molecule has 0 radical (unpaired) electrons. The molecule has 8 nitrogen and oxygen atoms in total. The van der Waals surface area contributed by atoms with Crippen molar-refractivity contribution in [3.63, 3.8) is 0 Å². The lowest BCUT2D eigenvalue weighted by molar-refractivity contribution is -0.145. The Bertz CT molecular complexity index is 1240. The third kappa shape index (κ3) is 5.44. The predicted octanol–water partition coefficient (Wildman–Crippen LogP) is 3.89. The van der Waals surface area contributed by atoms with Crippen LogP contribution in [-0.2, 0) is 31.9 Å². The number of aldehydes is 2. The molecular weight excluding hydrogens is 488 g/mol. The van der Waals surface area contributed by atoms with Crippen LogP contribution in [0.5, 0.6) is 11.5 Å². The van der Waals surface area contributed by atoms with Gasteiger partial charge in [-0.25, -0.2) is 0 Å². The number of carbonyl (C=O) groups excluding carboxylic acids is 4. The molecule has 0 spiro atoms. The largest absolute Gasteiger partial charge is 0.504 e. The van der Waals surface area contributed by atoms with Gasteiger partial charge in [-0.05, 0) is 90.5 Å². The summed E-state index contributed by atoms with van der Waals surface area (Å²) in [6.45, 7) is 0.788. The van der Waals surface area contributed by atoms with Crippen LogP contribution < -0.4 is 0 Å². The van der Waals surface area contributed by atoms with E-state index in [4.69, 9.17) is 9.47 Å². The average Bonchev–Trinajstić information content (AvgIpc) is 3.60. The quantitative estimate of drug-likeness (QED) is 0.274. The van der Waals surface area contributed by atoms with E-state index in [0.29, 0.717) is 78.0 Å². The first-order chi connectivity index (χ1) is 18.3. The SMILES string of the molecule is O=Cc1ccc(CC(=O)OCC2CC3CC2C2CC(COC(=O)Cc4ccc(O)c(O)c4)CC32)cc1C=O. The van der Waals surface area contributed by atoms with Gasteiger partial charge in [0.1, 0.15) is 0 Å². The molecule has 5 rings (SSSR count). The maximum Gasteiger partial charge on any atom is 0.310 e. The fourth-order valence-corrected chi connectivity index (χ4v) is 7.12. The third-order valence-electron chi connectivity index (χ3n) is 8.78. The van der Waals surface area contributed by atoms with Crippen LogP contribution in [-0.4, -0.2) is 47.9 Å². The number of hydrogen-bond donors (Lipinski definition) is 2. The molecule has 8 heteroatoms. The van der Waals surface area contributed by atoms with E-state index in [-0.39, 0.29) is 41.8 Å². The number of esters is 2. The van der Waals surface area contributed by atoms with E-state index in [1.807, 2.05) is 0 Å². The summed E-state index contributed by atoms with van der Waals surface area (Å²) in [5.74, 6) is 1.87. The van der Waals surface area contributed by atoms with Gasteiger partial charge in [0.2, 0.25) is 0 Å². The Morgan fingerprint density at radius 3 is 2.11 bits per heavy atom. The number of carbonyl (C=O) groups is 4. The van der Waals surface area contributed by atoms with E-state index in [2.05, 4.69) is 0 Å². The standard InChI is InChI=1S/C30H32O8/c31-13-20-3-1-17(5-22(20)14-32)9-30(36)38-16-23-11-21-12-25(23)26-7-19(6-24(21)26)15-37-29(35)10-18-2-4-27(33)28(34)8-18/h1-5,8,13-14,19,21,23-26,33-34H,6-7,9-12,15-16H2. The number of phenolic OH excluding ortho intramolecular Hbond substituents is 2. The number of hydrogen-bond acceptors (Lipinski definition) is 8. The van der Waals surface area contributed by atoms with Crippen molar-refractivity contribution in [3.05, 3.63) is 58.7 Å². The monoisotopic (exact) mass is 520 g/mol. The van der Waals surface area contributed by atoms with Crippen molar-refractivity contribution >= 4 is 24.5 Å². The minimum Gasteiger partial charge on any atom is -0.504 e. The molecule has 3 fully saturated rings. The van der Waals surface area contributed by atoms with Crippen molar-refractivity contribution in [1.82, 2.24) is 0 Å². The summed E-state index contributed by atoms with van der Waals surface area (Å²) in [7, 11) is 0. The normalized spacial score (nSPS) is 27.1. The highest BCUT2D eigenvalue weighted by Gasteiger charge is 2.56. The topological polar surface area (TPSA) is 127 Å². The second-order valence-electron chi connectivity index (χ2n) is 11.1. The molecule has 38 heavy (non-hydrogen) atoms. The molecule has 2 aromatic carbocycles. The van der Waals surface area contributed by atoms with Gasteiger partial charge < -0.3 is 19.7 Å². The van der Waals surface area contributed by atoms with Crippen molar-refractivity contribution in [2.24, 2.45) is 35.5 Å². The molecule has 6 atom stereocenters. The van der Waals surface area contributed by atoms with E-state index in [9.17, 15) is 29.4 Å². The maximum atomic E-state index is 12.5. The van der Waals surface area contributed by atoms with Gasteiger partial charge >= 0.3 is 11.9 Å². The molecule has 2 N–H and O–H groups in total. The minimum atomic E-state index is -0.346. The highest BCUT2D eigenvalue weighted by atomic mass is 16.5.